The maximum Gasteiger partial charge on any atom is 0.331 e. The third-order valence-electron chi connectivity index (χ3n) is 2.40. The van der Waals surface area contributed by atoms with Gasteiger partial charge in [0.2, 0.25) is 0 Å². The van der Waals surface area contributed by atoms with Crippen LogP contribution in [-0.2, 0) is 9.59 Å². The van der Waals surface area contributed by atoms with Gasteiger partial charge in [0.25, 0.3) is 5.91 Å². The number of hydrogen-bond donors (Lipinski definition) is 2. The maximum atomic E-state index is 12.8. The molecule has 0 bridgehead atoms. The molecule has 4 nitrogen and oxygen atoms in total. The summed E-state index contributed by atoms with van der Waals surface area (Å²) in [6, 6.07) is 3.50. The first-order valence-corrected chi connectivity index (χ1v) is 5.38. The van der Waals surface area contributed by atoms with Crippen molar-refractivity contribution < 1.29 is 19.1 Å². The number of carboxylic acid groups (broad SMARTS) is 1. The van der Waals surface area contributed by atoms with Gasteiger partial charge in [0, 0.05) is 11.1 Å². The summed E-state index contributed by atoms with van der Waals surface area (Å²) >= 11 is 5.73. The Hall–Kier alpha value is -1.88. The monoisotopic (exact) mass is 271 g/mol. The Morgan fingerprint density at radius 1 is 1.28 bits per heavy atom. The van der Waals surface area contributed by atoms with E-state index in [1.165, 1.54) is 19.9 Å². The number of rotatable bonds is 3. The molecule has 0 saturated heterocycles. The molecule has 6 heteroatoms. The highest BCUT2D eigenvalue weighted by atomic mass is 35.5. The van der Waals surface area contributed by atoms with E-state index in [0.717, 1.165) is 12.1 Å². The van der Waals surface area contributed by atoms with E-state index in [1.807, 2.05) is 0 Å². The van der Waals surface area contributed by atoms with Crippen molar-refractivity contribution in [1.29, 1.82) is 0 Å². The van der Waals surface area contributed by atoms with Crippen molar-refractivity contribution in [3.05, 3.63) is 40.2 Å². The van der Waals surface area contributed by atoms with Gasteiger partial charge >= 0.3 is 5.97 Å². The molecule has 1 amide bonds. The molecular formula is C12H11ClFNO3. The number of carbonyl (C=O) groups is 2. The first-order chi connectivity index (χ1) is 8.32. The fourth-order valence-corrected chi connectivity index (χ4v) is 1.35. The minimum Gasteiger partial charge on any atom is -0.478 e. The van der Waals surface area contributed by atoms with Crippen molar-refractivity contribution in [2.24, 2.45) is 0 Å². The fourth-order valence-electron chi connectivity index (χ4n) is 1.14. The highest BCUT2D eigenvalue weighted by Gasteiger charge is 2.14. The van der Waals surface area contributed by atoms with E-state index >= 15 is 0 Å². The number of amides is 1. The topological polar surface area (TPSA) is 66.4 Å². The molecule has 0 aliphatic heterocycles. The summed E-state index contributed by atoms with van der Waals surface area (Å²) < 4.78 is 12.8. The zero-order chi connectivity index (χ0) is 13.9. The summed E-state index contributed by atoms with van der Waals surface area (Å²) in [4.78, 5) is 22.4. The molecule has 0 aliphatic carbocycles. The van der Waals surface area contributed by atoms with Gasteiger partial charge in [-0.15, -0.1) is 0 Å². The first kappa shape index (κ1) is 14.2. The molecule has 18 heavy (non-hydrogen) atoms. The number of hydrogen-bond acceptors (Lipinski definition) is 2. The highest BCUT2D eigenvalue weighted by Crippen LogP contribution is 2.23. The Morgan fingerprint density at radius 3 is 2.39 bits per heavy atom. The normalized spacial score (nSPS) is 11.8. The van der Waals surface area contributed by atoms with Gasteiger partial charge in [-0.3, -0.25) is 4.79 Å². The average Bonchev–Trinajstić information content (AvgIpc) is 2.30. The lowest BCUT2D eigenvalue weighted by atomic mass is 10.1. The molecule has 0 unspecified atom stereocenters. The predicted molar refractivity (Wildman–Crippen MR) is 66.0 cm³/mol. The van der Waals surface area contributed by atoms with Crippen molar-refractivity contribution >= 4 is 29.2 Å². The summed E-state index contributed by atoms with van der Waals surface area (Å²) in [6.45, 7) is 2.71. The standard InChI is InChI=1S/C12H11ClFNO3/c1-6(7(2)12(17)18)11(16)15-10-4-3-8(14)5-9(10)13/h3-5H,1-2H3,(H,15,16)(H,17,18). The Kier molecular flexibility index (Phi) is 4.44. The van der Waals surface area contributed by atoms with E-state index in [1.54, 1.807) is 0 Å². The summed E-state index contributed by atoms with van der Waals surface area (Å²) in [5.74, 6) is -2.29. The average molecular weight is 272 g/mol. The second-order valence-electron chi connectivity index (χ2n) is 3.63. The van der Waals surface area contributed by atoms with Crippen LogP contribution in [0.4, 0.5) is 10.1 Å². The van der Waals surface area contributed by atoms with Gasteiger partial charge in [-0.2, -0.15) is 0 Å². The van der Waals surface area contributed by atoms with Crippen LogP contribution in [0.1, 0.15) is 13.8 Å². The van der Waals surface area contributed by atoms with Gasteiger partial charge in [0.05, 0.1) is 10.7 Å². The van der Waals surface area contributed by atoms with Gasteiger partial charge in [-0.25, -0.2) is 9.18 Å². The van der Waals surface area contributed by atoms with E-state index in [0.29, 0.717) is 0 Å². The molecule has 0 spiro atoms. The molecule has 0 aliphatic rings. The summed E-state index contributed by atoms with van der Waals surface area (Å²) in [6.07, 6.45) is 0. The summed E-state index contributed by atoms with van der Waals surface area (Å²) in [5.41, 5.74) is 0.217. The quantitative estimate of drug-likeness (QED) is 0.831. The minimum absolute atomic E-state index is 0.0455. The molecule has 0 saturated carbocycles. The molecule has 0 heterocycles. The van der Waals surface area contributed by atoms with Gasteiger partial charge < -0.3 is 10.4 Å². The molecule has 96 valence electrons. The van der Waals surface area contributed by atoms with Crippen LogP contribution in [0.15, 0.2) is 29.3 Å². The van der Waals surface area contributed by atoms with Crippen molar-refractivity contribution in [3.8, 4) is 0 Å². The lowest BCUT2D eigenvalue weighted by molar-refractivity contribution is -0.133. The minimum atomic E-state index is -1.17. The van der Waals surface area contributed by atoms with E-state index < -0.39 is 17.7 Å². The molecule has 0 fully saturated rings. The Labute approximate surface area is 108 Å². The molecule has 1 rings (SSSR count). The van der Waals surface area contributed by atoms with Crippen LogP contribution in [0.3, 0.4) is 0 Å². The van der Waals surface area contributed by atoms with Gasteiger partial charge in [-0.05, 0) is 32.0 Å². The third-order valence-corrected chi connectivity index (χ3v) is 2.72. The molecule has 0 atom stereocenters. The van der Waals surface area contributed by atoms with Crippen LogP contribution < -0.4 is 5.32 Å². The van der Waals surface area contributed by atoms with E-state index in [-0.39, 0.29) is 21.9 Å². The smallest absolute Gasteiger partial charge is 0.331 e. The van der Waals surface area contributed by atoms with Crippen molar-refractivity contribution in [2.75, 3.05) is 5.32 Å². The maximum absolute atomic E-state index is 12.8. The lowest BCUT2D eigenvalue weighted by Gasteiger charge is -2.08. The van der Waals surface area contributed by atoms with Crippen molar-refractivity contribution in [3.63, 3.8) is 0 Å². The van der Waals surface area contributed by atoms with Gasteiger partial charge in [0.1, 0.15) is 5.82 Å². The Morgan fingerprint density at radius 2 is 1.89 bits per heavy atom. The van der Waals surface area contributed by atoms with E-state index in [4.69, 9.17) is 16.7 Å². The van der Waals surface area contributed by atoms with Crippen LogP contribution in [-0.4, -0.2) is 17.0 Å². The Balaban J connectivity index is 2.95. The molecule has 0 radical (unpaired) electrons. The number of carbonyl (C=O) groups excluding carboxylic acids is 1. The molecule has 2 N–H and O–H groups in total. The highest BCUT2D eigenvalue weighted by molar-refractivity contribution is 6.34. The van der Waals surface area contributed by atoms with Gasteiger partial charge in [0.15, 0.2) is 0 Å². The summed E-state index contributed by atoms with van der Waals surface area (Å²) in [7, 11) is 0. The van der Waals surface area contributed by atoms with Crippen LogP contribution in [0.5, 0.6) is 0 Å². The largest absolute Gasteiger partial charge is 0.478 e. The number of carboxylic acids is 1. The van der Waals surface area contributed by atoms with E-state index in [9.17, 15) is 14.0 Å². The number of aliphatic carboxylic acids is 1. The number of halogens is 2. The number of nitrogens with one attached hydrogen (secondary N) is 1. The lowest BCUT2D eigenvalue weighted by Crippen LogP contribution is -2.16. The molecule has 1 aromatic carbocycles. The molecular weight excluding hydrogens is 261 g/mol. The zero-order valence-electron chi connectivity index (χ0n) is 9.75. The van der Waals surface area contributed by atoms with Gasteiger partial charge in [-0.1, -0.05) is 11.6 Å². The number of benzene rings is 1. The summed E-state index contributed by atoms with van der Waals surface area (Å²) in [5, 5.41) is 11.2. The Bertz CT molecular complexity index is 540. The number of anilines is 1. The second-order valence-corrected chi connectivity index (χ2v) is 4.04. The molecule has 1 aromatic rings. The van der Waals surface area contributed by atoms with E-state index in [2.05, 4.69) is 5.32 Å². The fraction of sp³-hybridized carbons (Fsp3) is 0.167. The van der Waals surface area contributed by atoms with Crippen LogP contribution in [0.2, 0.25) is 5.02 Å². The van der Waals surface area contributed by atoms with Crippen LogP contribution >= 0.6 is 11.6 Å². The SMILES string of the molecule is CC(C(=O)O)=C(C)C(=O)Nc1ccc(F)cc1Cl. The van der Waals surface area contributed by atoms with Crippen LogP contribution in [0, 0.1) is 5.82 Å². The van der Waals surface area contributed by atoms with Crippen molar-refractivity contribution in [2.45, 2.75) is 13.8 Å². The third kappa shape index (κ3) is 3.30. The first-order valence-electron chi connectivity index (χ1n) is 5.00. The predicted octanol–water partition coefficient (Wildman–Crippen LogP) is 2.84. The molecule has 0 aromatic heterocycles. The second kappa shape index (κ2) is 5.64. The van der Waals surface area contributed by atoms with Crippen molar-refractivity contribution in [1.82, 2.24) is 0 Å². The zero-order valence-corrected chi connectivity index (χ0v) is 10.5. The van der Waals surface area contributed by atoms with Crippen LogP contribution in [0.25, 0.3) is 0 Å².